The summed E-state index contributed by atoms with van der Waals surface area (Å²) in [7, 11) is 0. The van der Waals surface area contributed by atoms with Crippen molar-refractivity contribution < 1.29 is 0 Å². The van der Waals surface area contributed by atoms with Crippen molar-refractivity contribution >= 4 is 56.0 Å². The number of hydrogen-bond donors (Lipinski definition) is 0. The third-order valence-corrected chi connectivity index (χ3v) is 10.9. The first-order chi connectivity index (χ1) is 15.8. The van der Waals surface area contributed by atoms with Crippen LogP contribution in [-0.2, 0) is 5.41 Å². The van der Waals surface area contributed by atoms with Crippen molar-refractivity contribution in [3.63, 3.8) is 0 Å². The van der Waals surface area contributed by atoms with Crippen LogP contribution in [-0.4, -0.2) is 5.75 Å². The van der Waals surface area contributed by atoms with Crippen LogP contribution >= 0.6 is 46.2 Å². The molecule has 2 aromatic heterocycles. The fraction of sp³-hybridized carbons (Fsp3) is 0.500. The summed E-state index contributed by atoms with van der Waals surface area (Å²) in [4.78, 5) is 4.65. The van der Waals surface area contributed by atoms with Gasteiger partial charge in [-0.2, -0.15) is 0 Å². The number of unbranched alkanes of at least 4 members (excludes halogenated alkanes) is 6. The highest BCUT2D eigenvalue weighted by atomic mass is 32.2. The molecule has 0 N–H and O–H groups in total. The van der Waals surface area contributed by atoms with Gasteiger partial charge in [-0.05, 0) is 53.1 Å². The Kier molecular flexibility index (Phi) is 9.28. The summed E-state index contributed by atoms with van der Waals surface area (Å²) < 4.78 is 1.52. The van der Waals surface area contributed by atoms with Crippen LogP contribution in [0.25, 0.3) is 9.81 Å². The van der Waals surface area contributed by atoms with E-state index in [-0.39, 0.29) is 5.41 Å². The van der Waals surface area contributed by atoms with E-state index in [0.717, 1.165) is 5.75 Å². The van der Waals surface area contributed by atoms with Gasteiger partial charge in [-0.25, -0.2) is 0 Å². The molecule has 0 aromatic carbocycles. The van der Waals surface area contributed by atoms with Crippen LogP contribution in [0, 0.1) is 0 Å². The van der Waals surface area contributed by atoms with E-state index in [1.165, 1.54) is 78.8 Å². The Morgan fingerprint density at radius 3 is 2.53 bits per heavy atom. The van der Waals surface area contributed by atoms with E-state index in [2.05, 4.69) is 72.1 Å². The average molecular weight is 501 g/mol. The molecule has 0 nitrogen and oxygen atoms in total. The number of rotatable bonds is 11. The molecular weight excluding hydrogens is 465 g/mol. The topological polar surface area (TPSA) is 0 Å². The molecular formula is C28H36S4. The monoisotopic (exact) mass is 500 g/mol. The fourth-order valence-electron chi connectivity index (χ4n) is 4.82. The zero-order valence-electron chi connectivity index (χ0n) is 19.5. The Morgan fingerprint density at radius 2 is 1.75 bits per heavy atom. The Balaban J connectivity index is 1.74. The van der Waals surface area contributed by atoms with E-state index in [1.54, 1.807) is 15.4 Å². The minimum atomic E-state index is 0.0667. The van der Waals surface area contributed by atoms with E-state index in [4.69, 9.17) is 0 Å². The van der Waals surface area contributed by atoms with Crippen LogP contribution in [0.15, 0.2) is 52.1 Å². The molecule has 32 heavy (non-hydrogen) atoms. The standard InChI is InChI=1S/C28H36S4/c1-3-5-7-9-12-22-14-19-30-25(22)26-23(15-20-31-26)27-28(17-21-32-27,16-10-8-6-4-2)24-13-11-18-29-24/h11,13-15,17-18,20-21H,3-10,12,16,19H2,1-2H3. The van der Waals surface area contributed by atoms with Crippen molar-refractivity contribution in [1.29, 1.82) is 0 Å². The van der Waals surface area contributed by atoms with Crippen molar-refractivity contribution in [2.75, 3.05) is 5.75 Å². The highest BCUT2D eigenvalue weighted by molar-refractivity contribution is 8.11. The van der Waals surface area contributed by atoms with Crippen molar-refractivity contribution in [2.45, 2.75) is 83.5 Å². The van der Waals surface area contributed by atoms with Gasteiger partial charge in [0.15, 0.2) is 0 Å². The highest BCUT2D eigenvalue weighted by Gasteiger charge is 2.38. The van der Waals surface area contributed by atoms with Gasteiger partial charge in [0.1, 0.15) is 0 Å². The van der Waals surface area contributed by atoms with E-state index in [1.807, 2.05) is 34.4 Å². The lowest BCUT2D eigenvalue weighted by atomic mass is 9.80. The quantitative estimate of drug-likeness (QED) is 0.283. The minimum absolute atomic E-state index is 0.0667. The first-order valence-corrected chi connectivity index (χ1v) is 16.0. The lowest BCUT2D eigenvalue weighted by Gasteiger charge is -2.28. The summed E-state index contributed by atoms with van der Waals surface area (Å²) in [6, 6.07) is 7.00. The molecule has 0 aliphatic carbocycles. The molecule has 2 aliphatic rings. The van der Waals surface area contributed by atoms with Gasteiger partial charge in [0.2, 0.25) is 0 Å². The number of thiophene rings is 2. The Labute approximate surface area is 211 Å². The van der Waals surface area contributed by atoms with Crippen LogP contribution in [0.4, 0.5) is 0 Å². The Hall–Kier alpha value is -0.680. The third-order valence-electron chi connectivity index (χ3n) is 6.59. The molecule has 0 amide bonds. The SMILES string of the molecule is CCCCCCC1=CCSC1=c1sccc1=C1SC=CC1(CCCCCC)c1cccs1. The fourth-order valence-corrected chi connectivity index (χ4v) is 9.38. The van der Waals surface area contributed by atoms with Gasteiger partial charge in [-0.3, -0.25) is 0 Å². The van der Waals surface area contributed by atoms with Gasteiger partial charge in [0.05, 0.1) is 5.41 Å². The van der Waals surface area contributed by atoms with E-state index >= 15 is 0 Å². The smallest absolute Gasteiger partial charge is 0.0553 e. The van der Waals surface area contributed by atoms with Gasteiger partial charge in [-0.1, -0.05) is 77.0 Å². The summed E-state index contributed by atoms with van der Waals surface area (Å²) >= 11 is 7.92. The van der Waals surface area contributed by atoms with Gasteiger partial charge >= 0.3 is 0 Å². The molecule has 172 valence electrons. The van der Waals surface area contributed by atoms with Crippen LogP contribution in [0.5, 0.6) is 0 Å². The average Bonchev–Trinajstić information content (AvgIpc) is 3.60. The third kappa shape index (κ3) is 5.35. The van der Waals surface area contributed by atoms with Gasteiger partial charge in [0, 0.05) is 30.2 Å². The van der Waals surface area contributed by atoms with Crippen LogP contribution < -0.4 is 9.75 Å². The maximum absolute atomic E-state index is 2.51. The minimum Gasteiger partial charge on any atom is -0.148 e. The highest BCUT2D eigenvalue weighted by Crippen LogP contribution is 2.51. The molecule has 1 atom stereocenters. The number of hydrogen-bond acceptors (Lipinski definition) is 4. The number of thioether (sulfide) groups is 2. The summed E-state index contributed by atoms with van der Waals surface area (Å²) in [5, 5.41) is 8.44. The molecule has 0 spiro atoms. The Bertz CT molecular complexity index is 1040. The molecule has 0 saturated heterocycles. The molecule has 0 fully saturated rings. The van der Waals surface area contributed by atoms with Crippen molar-refractivity contribution in [1.82, 2.24) is 0 Å². The predicted octanol–water partition coefficient (Wildman–Crippen LogP) is 8.84. The maximum Gasteiger partial charge on any atom is 0.0553 e. The first kappa shape index (κ1) is 24.4. The van der Waals surface area contributed by atoms with Crippen molar-refractivity contribution in [3.8, 4) is 0 Å². The summed E-state index contributed by atoms with van der Waals surface area (Å²) in [6.45, 7) is 4.60. The molecule has 2 aliphatic heterocycles. The second kappa shape index (κ2) is 12.1. The lowest BCUT2D eigenvalue weighted by molar-refractivity contribution is 0.557. The molecule has 4 heterocycles. The van der Waals surface area contributed by atoms with Crippen LogP contribution in [0.2, 0.25) is 0 Å². The van der Waals surface area contributed by atoms with E-state index in [0.29, 0.717) is 0 Å². The first-order valence-electron chi connectivity index (χ1n) is 12.3. The molecule has 0 saturated carbocycles. The molecule has 4 rings (SSSR count). The summed E-state index contributed by atoms with van der Waals surface area (Å²) in [5.41, 5.74) is 1.67. The summed E-state index contributed by atoms with van der Waals surface area (Å²) in [6.07, 6.45) is 18.1. The van der Waals surface area contributed by atoms with Crippen LogP contribution in [0.3, 0.4) is 0 Å². The molecule has 1 unspecified atom stereocenters. The van der Waals surface area contributed by atoms with Crippen molar-refractivity contribution in [2.24, 2.45) is 0 Å². The zero-order valence-corrected chi connectivity index (χ0v) is 22.8. The lowest BCUT2D eigenvalue weighted by Crippen LogP contribution is -2.31. The summed E-state index contributed by atoms with van der Waals surface area (Å²) in [5.74, 6) is 1.14. The Morgan fingerprint density at radius 1 is 0.906 bits per heavy atom. The molecule has 0 bridgehead atoms. The van der Waals surface area contributed by atoms with Crippen LogP contribution in [0.1, 0.15) is 82.9 Å². The largest absolute Gasteiger partial charge is 0.148 e. The molecule has 0 radical (unpaired) electrons. The maximum atomic E-state index is 2.51. The van der Waals surface area contributed by atoms with Gasteiger partial charge in [0.25, 0.3) is 0 Å². The van der Waals surface area contributed by atoms with Gasteiger partial charge in [-0.15, -0.1) is 46.2 Å². The normalized spacial score (nSPS) is 23.9. The second-order valence-corrected chi connectivity index (χ2v) is 12.7. The second-order valence-electron chi connectivity index (χ2n) is 8.85. The number of allylic oxidation sites excluding steroid dienone is 1. The zero-order chi connectivity index (χ0) is 22.2. The molecule has 2 aromatic rings. The van der Waals surface area contributed by atoms with Crippen molar-refractivity contribution in [3.05, 3.63) is 66.7 Å². The molecule has 4 heteroatoms. The predicted molar refractivity (Wildman–Crippen MR) is 151 cm³/mol. The van der Waals surface area contributed by atoms with E-state index in [9.17, 15) is 0 Å². The van der Waals surface area contributed by atoms with E-state index < -0.39 is 0 Å². The van der Waals surface area contributed by atoms with Gasteiger partial charge < -0.3 is 0 Å².